The van der Waals surface area contributed by atoms with E-state index in [0.717, 1.165) is 77.0 Å². The molecule has 5 amide bonds. The van der Waals surface area contributed by atoms with E-state index in [-0.39, 0.29) is 40.6 Å². The highest BCUT2D eigenvalue weighted by Crippen LogP contribution is 2.65. The van der Waals surface area contributed by atoms with Crippen LogP contribution in [0.5, 0.6) is 0 Å². The number of amides is 5. The molecule has 0 aromatic heterocycles. The number of primary amides is 1. The molecule has 0 spiro atoms. The zero-order valence-electron chi connectivity index (χ0n) is 25.7. The second kappa shape index (κ2) is 12.2. The van der Waals surface area contributed by atoms with E-state index in [1.165, 1.54) is 6.42 Å². The van der Waals surface area contributed by atoms with Crippen molar-refractivity contribution in [1.82, 2.24) is 20.9 Å². The van der Waals surface area contributed by atoms with Crippen LogP contribution in [0, 0.1) is 29.1 Å². The Morgan fingerprint density at radius 1 is 0.905 bits per heavy atom. The smallest absolute Gasteiger partial charge is 0.315 e. The van der Waals surface area contributed by atoms with Crippen LogP contribution in [0.1, 0.15) is 111 Å². The summed E-state index contributed by atoms with van der Waals surface area (Å²) in [5.41, 5.74) is 4.97. The van der Waals surface area contributed by atoms with Crippen molar-refractivity contribution in [2.45, 2.75) is 134 Å². The Balaban J connectivity index is 1.35. The number of piperidine rings is 1. The van der Waals surface area contributed by atoms with E-state index in [2.05, 4.69) is 36.7 Å². The van der Waals surface area contributed by atoms with Crippen LogP contribution in [0.4, 0.5) is 4.79 Å². The number of urea groups is 1. The molecule has 42 heavy (non-hydrogen) atoms. The van der Waals surface area contributed by atoms with Crippen molar-refractivity contribution in [3.63, 3.8) is 0 Å². The van der Waals surface area contributed by atoms with E-state index < -0.39 is 35.7 Å². The fraction of sp³-hybridized carbons (Fsp3) is 0.844. The van der Waals surface area contributed by atoms with Crippen molar-refractivity contribution in [3.8, 4) is 0 Å². The predicted octanol–water partition coefficient (Wildman–Crippen LogP) is 3.17. The number of nitrogens with two attached hydrogens (primary N) is 1. The lowest BCUT2D eigenvalue weighted by atomic mass is 9.80. The van der Waals surface area contributed by atoms with Gasteiger partial charge < -0.3 is 26.6 Å². The molecule has 5 N–H and O–H groups in total. The number of hydrogen-bond donors (Lipinski definition) is 4. The number of ketones is 1. The molecule has 1 saturated heterocycles. The van der Waals surface area contributed by atoms with Gasteiger partial charge in [0.2, 0.25) is 17.6 Å². The second-order valence-corrected chi connectivity index (χ2v) is 14.5. The lowest BCUT2D eigenvalue weighted by molar-refractivity contribution is -0.144. The van der Waals surface area contributed by atoms with Crippen LogP contribution >= 0.6 is 0 Å². The summed E-state index contributed by atoms with van der Waals surface area (Å²) in [6.45, 7) is 6.77. The summed E-state index contributed by atoms with van der Waals surface area (Å²) < 4.78 is 0. The first-order valence-electron chi connectivity index (χ1n) is 16.5. The van der Waals surface area contributed by atoms with Gasteiger partial charge in [-0.25, -0.2) is 4.79 Å². The highest BCUT2D eigenvalue weighted by molar-refractivity contribution is 6.37. The van der Waals surface area contributed by atoms with Gasteiger partial charge in [0.05, 0.1) is 6.04 Å². The summed E-state index contributed by atoms with van der Waals surface area (Å²) >= 11 is 0. The van der Waals surface area contributed by atoms with Crippen LogP contribution in [0.15, 0.2) is 0 Å². The summed E-state index contributed by atoms with van der Waals surface area (Å²) in [5, 5.41) is 9.19. The molecule has 4 aliphatic carbocycles. The molecule has 4 saturated carbocycles. The van der Waals surface area contributed by atoms with E-state index in [0.29, 0.717) is 18.9 Å². The third-order valence-electron chi connectivity index (χ3n) is 11.4. The number of Topliss-reactive ketones (excluding diaryl/α,β-unsaturated/α-hetero) is 1. The highest BCUT2D eigenvalue weighted by Gasteiger charge is 2.69. The zero-order valence-corrected chi connectivity index (χ0v) is 25.7. The van der Waals surface area contributed by atoms with Gasteiger partial charge in [0.1, 0.15) is 12.1 Å². The Bertz CT molecular complexity index is 1080. The van der Waals surface area contributed by atoms with Crippen LogP contribution < -0.4 is 21.7 Å². The summed E-state index contributed by atoms with van der Waals surface area (Å²) in [7, 11) is 0. The minimum atomic E-state index is -1.06. The molecule has 0 radical (unpaired) electrons. The molecule has 0 unspecified atom stereocenters. The molecular formula is C32H51N5O5. The van der Waals surface area contributed by atoms with Gasteiger partial charge in [-0.15, -0.1) is 0 Å². The number of likely N-dealkylation sites (tertiary alicyclic amines) is 1. The quantitative estimate of drug-likeness (QED) is 0.275. The van der Waals surface area contributed by atoms with Crippen molar-refractivity contribution in [3.05, 3.63) is 0 Å². The maximum absolute atomic E-state index is 14.4. The number of rotatable bonds is 11. The van der Waals surface area contributed by atoms with E-state index in [1.54, 1.807) is 4.90 Å². The molecule has 0 aromatic rings. The second-order valence-electron chi connectivity index (χ2n) is 14.5. The molecular weight excluding hydrogens is 534 g/mol. The van der Waals surface area contributed by atoms with E-state index >= 15 is 0 Å². The Labute approximate surface area is 250 Å². The lowest BCUT2D eigenvalue weighted by Crippen LogP contribution is -2.62. The fourth-order valence-corrected chi connectivity index (χ4v) is 8.40. The van der Waals surface area contributed by atoms with Crippen molar-refractivity contribution >= 4 is 29.5 Å². The highest BCUT2D eigenvalue weighted by atomic mass is 16.2. The average Bonchev–Trinajstić information content (AvgIpc) is 3.83. The van der Waals surface area contributed by atoms with Crippen LogP contribution in [0.3, 0.4) is 0 Å². The maximum Gasteiger partial charge on any atom is 0.315 e. The molecule has 0 bridgehead atoms. The third kappa shape index (κ3) is 6.32. The van der Waals surface area contributed by atoms with Crippen LogP contribution in [-0.2, 0) is 19.2 Å². The molecule has 5 aliphatic rings. The average molecular weight is 586 g/mol. The van der Waals surface area contributed by atoms with Gasteiger partial charge >= 0.3 is 6.03 Å². The van der Waals surface area contributed by atoms with Crippen molar-refractivity contribution in [1.29, 1.82) is 0 Å². The Kier molecular flexibility index (Phi) is 8.91. The van der Waals surface area contributed by atoms with Gasteiger partial charge in [-0.05, 0) is 67.6 Å². The predicted molar refractivity (Wildman–Crippen MR) is 158 cm³/mol. The van der Waals surface area contributed by atoms with Gasteiger partial charge in [0.15, 0.2) is 0 Å². The summed E-state index contributed by atoms with van der Waals surface area (Å²) in [6, 6.07) is -2.74. The first-order chi connectivity index (χ1) is 20.0. The molecule has 1 aliphatic heterocycles. The van der Waals surface area contributed by atoms with Crippen LogP contribution in [-0.4, -0.2) is 64.6 Å². The number of carbonyl (C=O) groups excluding carboxylic acids is 5. The monoisotopic (exact) mass is 585 g/mol. The SMILES string of the molecule is CCC1(NC(=O)N[C@H](C(=O)N2C[C@H]3[C@@H]([C@H]2C(=O)N[C@@H](CC2CC2)C(=O)C(N)=O)C3(C)C)C2CCCCC2)CCCCC1. The molecule has 0 aromatic carbocycles. The van der Waals surface area contributed by atoms with E-state index in [4.69, 9.17) is 5.73 Å². The first kappa shape index (κ1) is 30.8. The fourth-order valence-electron chi connectivity index (χ4n) is 8.40. The number of fused-ring (bicyclic) bond motifs is 1. The van der Waals surface area contributed by atoms with Crippen molar-refractivity contribution < 1.29 is 24.0 Å². The Morgan fingerprint density at radius 3 is 2.14 bits per heavy atom. The maximum atomic E-state index is 14.4. The summed E-state index contributed by atoms with van der Waals surface area (Å²) in [4.78, 5) is 67.8. The molecule has 5 atom stereocenters. The van der Waals surface area contributed by atoms with Gasteiger partial charge in [0, 0.05) is 12.1 Å². The normalized spacial score (nSPS) is 29.5. The van der Waals surface area contributed by atoms with Crippen molar-refractivity contribution in [2.75, 3.05) is 6.54 Å². The van der Waals surface area contributed by atoms with Crippen LogP contribution in [0.2, 0.25) is 0 Å². The zero-order chi connectivity index (χ0) is 30.2. The standard InChI is InChI=1S/C32H51N5O5/c1-4-32(15-9-6-10-16-32)36-30(42)35-24(20-11-7-5-8-12-20)29(41)37-18-21-23(31(21,2)3)25(37)28(40)34-22(17-19-13-14-19)26(38)27(33)39/h19-25H,4-18H2,1-3H3,(H2,33,39)(H,34,40)(H2,35,36,42)/t21-,22-,23-,24-,25-/m0/s1. The summed E-state index contributed by atoms with van der Waals surface area (Å²) in [6.07, 6.45) is 13.2. The number of carbonyl (C=O) groups is 5. The molecule has 1 heterocycles. The van der Waals surface area contributed by atoms with Gasteiger partial charge in [-0.3, -0.25) is 19.2 Å². The molecule has 10 heteroatoms. The molecule has 5 rings (SSSR count). The topological polar surface area (TPSA) is 151 Å². The minimum Gasteiger partial charge on any atom is -0.363 e. The lowest BCUT2D eigenvalue weighted by Gasteiger charge is -2.40. The summed E-state index contributed by atoms with van der Waals surface area (Å²) in [5.74, 6) is -2.04. The van der Waals surface area contributed by atoms with Gasteiger partial charge in [-0.1, -0.05) is 72.1 Å². The first-order valence-corrected chi connectivity index (χ1v) is 16.5. The number of hydrogen-bond acceptors (Lipinski definition) is 5. The van der Waals surface area contributed by atoms with Crippen LogP contribution in [0.25, 0.3) is 0 Å². The largest absolute Gasteiger partial charge is 0.363 e. The van der Waals surface area contributed by atoms with Gasteiger partial charge in [0.25, 0.3) is 5.91 Å². The number of nitrogens with one attached hydrogen (secondary N) is 3. The van der Waals surface area contributed by atoms with Gasteiger partial charge in [-0.2, -0.15) is 0 Å². The molecule has 10 nitrogen and oxygen atoms in total. The molecule has 5 fully saturated rings. The Hall–Kier alpha value is -2.65. The van der Waals surface area contributed by atoms with E-state index in [9.17, 15) is 24.0 Å². The van der Waals surface area contributed by atoms with E-state index in [1.807, 2.05) is 0 Å². The molecule has 234 valence electrons. The number of nitrogens with zero attached hydrogens (tertiary/aromatic N) is 1. The van der Waals surface area contributed by atoms with Crippen molar-refractivity contribution in [2.24, 2.45) is 34.8 Å². The Morgan fingerprint density at radius 2 is 1.55 bits per heavy atom. The third-order valence-corrected chi connectivity index (χ3v) is 11.4. The minimum absolute atomic E-state index is 0.00800.